The molecule has 0 spiro atoms. The van der Waals surface area contributed by atoms with Gasteiger partial charge in [0.05, 0.1) is 6.04 Å². The fourth-order valence-electron chi connectivity index (χ4n) is 3.23. The summed E-state index contributed by atoms with van der Waals surface area (Å²) in [6, 6.07) is -0.998. The van der Waals surface area contributed by atoms with E-state index in [0.29, 0.717) is 12.5 Å². The van der Waals surface area contributed by atoms with Gasteiger partial charge in [0.1, 0.15) is 6.04 Å². The van der Waals surface area contributed by atoms with Gasteiger partial charge in [0.25, 0.3) is 0 Å². The molecule has 0 aromatic rings. The molecule has 2 aliphatic rings. The number of amides is 1. The highest BCUT2D eigenvalue weighted by Crippen LogP contribution is 2.42. The van der Waals surface area contributed by atoms with Crippen molar-refractivity contribution in [2.45, 2.75) is 38.3 Å². The lowest BCUT2D eigenvalue weighted by Crippen LogP contribution is -2.49. The highest BCUT2D eigenvalue weighted by Gasteiger charge is 2.49. The smallest absolute Gasteiger partial charge is 0.321 e. The Hall–Kier alpha value is -1.10. The molecule has 2 fully saturated rings. The minimum atomic E-state index is -0.817. The Morgan fingerprint density at radius 1 is 1.44 bits per heavy atom. The Balaban J connectivity index is 2.19. The second kappa shape index (κ2) is 4.05. The van der Waals surface area contributed by atoms with Crippen LogP contribution in [0.1, 0.15) is 26.2 Å². The molecular formula is C11H18N2O3. The first-order chi connectivity index (χ1) is 7.52. The number of nitrogens with zero attached hydrogens (tertiary/aromatic N) is 1. The average molecular weight is 226 g/mol. The van der Waals surface area contributed by atoms with Gasteiger partial charge in [-0.1, -0.05) is 6.42 Å². The number of carbonyl (C=O) groups is 2. The summed E-state index contributed by atoms with van der Waals surface area (Å²) in [7, 11) is 0. The van der Waals surface area contributed by atoms with Gasteiger partial charge in [0, 0.05) is 6.54 Å². The molecule has 2 rings (SSSR count). The number of primary amides is 1. The lowest BCUT2D eigenvalue weighted by molar-refractivity contribution is -0.145. The number of nitrogens with two attached hydrogens (primary N) is 1. The zero-order chi connectivity index (χ0) is 11.9. The van der Waals surface area contributed by atoms with Crippen LogP contribution in [-0.2, 0) is 9.59 Å². The average Bonchev–Trinajstić information content (AvgIpc) is 2.73. The van der Waals surface area contributed by atoms with Crippen molar-refractivity contribution in [3.63, 3.8) is 0 Å². The fraction of sp³-hybridized carbons (Fsp3) is 0.818. The Morgan fingerprint density at radius 3 is 2.69 bits per heavy atom. The molecule has 5 nitrogen and oxygen atoms in total. The lowest BCUT2D eigenvalue weighted by atomic mass is 9.94. The summed E-state index contributed by atoms with van der Waals surface area (Å²) in [6.07, 6.45) is 3.15. The van der Waals surface area contributed by atoms with Crippen molar-refractivity contribution in [2.75, 3.05) is 6.54 Å². The summed E-state index contributed by atoms with van der Waals surface area (Å²) >= 11 is 0. The van der Waals surface area contributed by atoms with E-state index in [1.807, 2.05) is 0 Å². The Morgan fingerprint density at radius 2 is 2.12 bits per heavy atom. The van der Waals surface area contributed by atoms with Crippen molar-refractivity contribution < 1.29 is 14.7 Å². The molecule has 1 heterocycles. The molecule has 0 aromatic heterocycles. The maximum atomic E-state index is 11.3. The number of fused-ring (bicyclic) bond motifs is 1. The van der Waals surface area contributed by atoms with Gasteiger partial charge < -0.3 is 10.8 Å². The molecule has 16 heavy (non-hydrogen) atoms. The third kappa shape index (κ3) is 1.69. The van der Waals surface area contributed by atoms with Crippen LogP contribution >= 0.6 is 0 Å². The maximum absolute atomic E-state index is 11.3. The normalized spacial score (nSPS) is 35.9. The minimum Gasteiger partial charge on any atom is -0.480 e. The standard InChI is InChI=1S/C11H18N2O3/c1-6(10(12)14)13-5-7-3-2-4-8(7)9(13)11(15)16/h6-9H,2-5H2,1H3,(H2,12,14)(H,15,16). The topological polar surface area (TPSA) is 83.6 Å². The van der Waals surface area contributed by atoms with E-state index in [1.54, 1.807) is 11.8 Å². The summed E-state index contributed by atoms with van der Waals surface area (Å²) in [5, 5.41) is 9.27. The van der Waals surface area contributed by atoms with Crippen molar-refractivity contribution in [3.8, 4) is 0 Å². The van der Waals surface area contributed by atoms with Crippen molar-refractivity contribution in [3.05, 3.63) is 0 Å². The van der Waals surface area contributed by atoms with Gasteiger partial charge in [-0.3, -0.25) is 14.5 Å². The molecule has 1 aliphatic carbocycles. The number of carbonyl (C=O) groups excluding carboxylic acids is 1. The predicted octanol–water partition coefficient (Wildman–Crippen LogP) is 0.0453. The van der Waals surface area contributed by atoms with Gasteiger partial charge in [-0.05, 0) is 31.6 Å². The van der Waals surface area contributed by atoms with E-state index >= 15 is 0 Å². The molecule has 1 saturated heterocycles. The fourth-order valence-corrected chi connectivity index (χ4v) is 3.23. The van der Waals surface area contributed by atoms with E-state index in [1.165, 1.54) is 0 Å². The summed E-state index contributed by atoms with van der Waals surface area (Å²) < 4.78 is 0. The van der Waals surface area contributed by atoms with Crippen LogP contribution in [0.15, 0.2) is 0 Å². The zero-order valence-corrected chi connectivity index (χ0v) is 9.43. The molecule has 1 aliphatic heterocycles. The van der Waals surface area contributed by atoms with Crippen LogP contribution < -0.4 is 5.73 Å². The van der Waals surface area contributed by atoms with Crippen molar-refractivity contribution >= 4 is 11.9 Å². The summed E-state index contributed by atoms with van der Waals surface area (Å²) in [6.45, 7) is 2.39. The van der Waals surface area contributed by atoms with Gasteiger partial charge in [0.2, 0.25) is 5.91 Å². The Bertz CT molecular complexity index is 318. The third-order valence-corrected chi connectivity index (χ3v) is 4.09. The SMILES string of the molecule is CC(C(N)=O)N1CC2CCCC2C1C(=O)O. The summed E-state index contributed by atoms with van der Waals surface area (Å²) in [4.78, 5) is 24.2. The zero-order valence-electron chi connectivity index (χ0n) is 9.43. The molecule has 1 amide bonds. The van der Waals surface area contributed by atoms with Crippen LogP contribution in [0.5, 0.6) is 0 Å². The van der Waals surface area contributed by atoms with Gasteiger partial charge in [-0.25, -0.2) is 0 Å². The van der Waals surface area contributed by atoms with Gasteiger partial charge >= 0.3 is 5.97 Å². The van der Waals surface area contributed by atoms with Crippen LogP contribution in [0, 0.1) is 11.8 Å². The molecule has 3 N–H and O–H groups in total. The first-order valence-corrected chi connectivity index (χ1v) is 5.80. The molecular weight excluding hydrogens is 208 g/mol. The number of carboxylic acids is 1. The molecule has 5 heteroatoms. The largest absolute Gasteiger partial charge is 0.480 e. The summed E-state index contributed by atoms with van der Waals surface area (Å²) in [5.41, 5.74) is 5.25. The molecule has 90 valence electrons. The second-order valence-electron chi connectivity index (χ2n) is 4.91. The van der Waals surface area contributed by atoms with E-state index in [2.05, 4.69) is 0 Å². The molecule has 0 radical (unpaired) electrons. The highest BCUT2D eigenvalue weighted by atomic mass is 16.4. The van der Waals surface area contributed by atoms with E-state index in [-0.39, 0.29) is 5.92 Å². The van der Waals surface area contributed by atoms with E-state index < -0.39 is 24.0 Å². The van der Waals surface area contributed by atoms with Crippen LogP contribution in [0.2, 0.25) is 0 Å². The Labute approximate surface area is 94.6 Å². The number of likely N-dealkylation sites (tertiary alicyclic amines) is 1. The van der Waals surface area contributed by atoms with Crippen LogP contribution in [-0.4, -0.2) is 40.5 Å². The first-order valence-electron chi connectivity index (χ1n) is 5.80. The van der Waals surface area contributed by atoms with Crippen molar-refractivity contribution in [2.24, 2.45) is 17.6 Å². The van der Waals surface area contributed by atoms with Gasteiger partial charge in [-0.15, -0.1) is 0 Å². The van der Waals surface area contributed by atoms with Crippen LogP contribution in [0.25, 0.3) is 0 Å². The number of carboxylic acid groups (broad SMARTS) is 1. The van der Waals surface area contributed by atoms with Gasteiger partial charge in [0.15, 0.2) is 0 Å². The highest BCUT2D eigenvalue weighted by molar-refractivity contribution is 5.81. The van der Waals surface area contributed by atoms with E-state index in [9.17, 15) is 14.7 Å². The minimum absolute atomic E-state index is 0.208. The van der Waals surface area contributed by atoms with Crippen LogP contribution in [0.3, 0.4) is 0 Å². The monoisotopic (exact) mass is 226 g/mol. The maximum Gasteiger partial charge on any atom is 0.321 e. The van der Waals surface area contributed by atoms with Crippen molar-refractivity contribution in [1.29, 1.82) is 0 Å². The molecule has 4 unspecified atom stereocenters. The first kappa shape index (κ1) is 11.4. The lowest BCUT2D eigenvalue weighted by Gasteiger charge is -2.28. The number of aliphatic carboxylic acids is 1. The molecule has 0 bridgehead atoms. The number of hydrogen-bond donors (Lipinski definition) is 2. The molecule has 0 aromatic carbocycles. The number of rotatable bonds is 3. The number of hydrogen-bond acceptors (Lipinski definition) is 3. The third-order valence-electron chi connectivity index (χ3n) is 4.09. The van der Waals surface area contributed by atoms with Crippen LogP contribution in [0.4, 0.5) is 0 Å². The quantitative estimate of drug-likeness (QED) is 0.712. The Kier molecular flexibility index (Phi) is 2.88. The van der Waals surface area contributed by atoms with Crippen molar-refractivity contribution in [1.82, 2.24) is 4.90 Å². The second-order valence-corrected chi connectivity index (χ2v) is 4.91. The summed E-state index contributed by atoms with van der Waals surface area (Å²) in [5.74, 6) is -0.615. The van der Waals surface area contributed by atoms with E-state index in [0.717, 1.165) is 19.3 Å². The predicted molar refractivity (Wildman–Crippen MR) is 57.6 cm³/mol. The molecule has 1 saturated carbocycles. The van der Waals surface area contributed by atoms with Gasteiger partial charge in [-0.2, -0.15) is 0 Å². The van der Waals surface area contributed by atoms with E-state index in [4.69, 9.17) is 5.73 Å². The molecule has 4 atom stereocenters.